The molecule has 0 aliphatic heterocycles. The number of aryl methyl sites for hydroxylation is 3. The van der Waals surface area contributed by atoms with Crippen LogP contribution in [0.4, 0.5) is 0 Å². The van der Waals surface area contributed by atoms with Crippen LogP contribution in [-0.4, -0.2) is 15.3 Å². The molecule has 1 aliphatic carbocycles. The number of rotatable bonds is 5. The minimum Gasteiger partial charge on any atom is -0.268 e. The SMILES string of the molecule is Cc1ccccc1-n1c(SCCc2ccccc2)nc2sc3c(c2c1=O)CC[C@H](C(C)(C)C)C3. The highest BCUT2D eigenvalue weighted by molar-refractivity contribution is 7.99. The van der Waals surface area contributed by atoms with E-state index in [1.54, 1.807) is 23.1 Å². The third kappa shape index (κ3) is 4.48. The molecule has 1 atom stereocenters. The first-order chi connectivity index (χ1) is 16.3. The standard InChI is InChI=1S/C29H32N2OS2/c1-19-10-8-9-13-23(19)31-27(32)25-22-15-14-21(29(2,3)4)18-24(22)34-26(25)30-28(31)33-17-16-20-11-6-5-7-12-20/h5-13,21H,14-18H2,1-4H3/t21-/m0/s1. The fraction of sp³-hybridized carbons (Fsp3) is 0.379. The zero-order valence-electron chi connectivity index (χ0n) is 20.4. The molecule has 2 aromatic heterocycles. The highest BCUT2D eigenvalue weighted by Gasteiger charge is 2.32. The van der Waals surface area contributed by atoms with Crippen LogP contribution < -0.4 is 5.56 Å². The number of benzene rings is 2. The maximum atomic E-state index is 14.1. The predicted octanol–water partition coefficient (Wildman–Crippen LogP) is 7.24. The van der Waals surface area contributed by atoms with Crippen LogP contribution in [-0.2, 0) is 19.3 Å². The number of hydrogen-bond donors (Lipinski definition) is 0. The summed E-state index contributed by atoms with van der Waals surface area (Å²) in [4.78, 5) is 21.5. The van der Waals surface area contributed by atoms with E-state index in [0.29, 0.717) is 5.92 Å². The Morgan fingerprint density at radius 1 is 1.09 bits per heavy atom. The van der Waals surface area contributed by atoms with Crippen molar-refractivity contribution in [2.75, 3.05) is 5.75 Å². The van der Waals surface area contributed by atoms with Crippen LogP contribution in [0.25, 0.3) is 15.9 Å². The molecule has 4 aromatic rings. The van der Waals surface area contributed by atoms with Crippen molar-refractivity contribution in [3.63, 3.8) is 0 Å². The van der Waals surface area contributed by atoms with Gasteiger partial charge in [-0.05, 0) is 66.7 Å². The third-order valence-corrected chi connectivity index (χ3v) is 9.19. The number of para-hydroxylation sites is 1. The smallest absolute Gasteiger partial charge is 0.267 e. The lowest BCUT2D eigenvalue weighted by atomic mass is 9.72. The van der Waals surface area contributed by atoms with E-state index in [9.17, 15) is 4.79 Å². The van der Waals surface area contributed by atoms with Gasteiger partial charge >= 0.3 is 0 Å². The minimum atomic E-state index is 0.0909. The van der Waals surface area contributed by atoms with Crippen molar-refractivity contribution < 1.29 is 0 Å². The average molecular weight is 489 g/mol. The molecule has 2 aromatic carbocycles. The van der Waals surface area contributed by atoms with Gasteiger partial charge in [-0.2, -0.15) is 0 Å². The maximum Gasteiger partial charge on any atom is 0.267 e. The fourth-order valence-corrected chi connectivity index (χ4v) is 7.31. The van der Waals surface area contributed by atoms with Crippen LogP contribution in [0.5, 0.6) is 0 Å². The Morgan fingerprint density at radius 2 is 1.82 bits per heavy atom. The van der Waals surface area contributed by atoms with Gasteiger partial charge in [0, 0.05) is 10.6 Å². The highest BCUT2D eigenvalue weighted by atomic mass is 32.2. The van der Waals surface area contributed by atoms with Gasteiger partial charge in [-0.25, -0.2) is 4.98 Å². The largest absolute Gasteiger partial charge is 0.268 e. The summed E-state index contributed by atoms with van der Waals surface area (Å²) >= 11 is 3.43. The normalized spacial score (nSPS) is 16.1. The number of nitrogens with zero attached hydrogens (tertiary/aromatic N) is 2. The molecule has 0 saturated carbocycles. The Labute approximate surface area is 210 Å². The average Bonchev–Trinajstić information content (AvgIpc) is 3.18. The second-order valence-electron chi connectivity index (χ2n) is 10.4. The van der Waals surface area contributed by atoms with E-state index >= 15 is 0 Å². The van der Waals surface area contributed by atoms with Crippen molar-refractivity contribution in [3.05, 3.63) is 86.5 Å². The summed E-state index contributed by atoms with van der Waals surface area (Å²) in [5.74, 6) is 1.52. The Hall–Kier alpha value is -2.37. The summed E-state index contributed by atoms with van der Waals surface area (Å²) in [6.45, 7) is 9.07. The molecular formula is C29H32N2OS2. The lowest BCUT2D eigenvalue weighted by Crippen LogP contribution is -2.27. The summed E-state index contributed by atoms with van der Waals surface area (Å²) in [5.41, 5.74) is 4.95. The topological polar surface area (TPSA) is 34.9 Å². The molecule has 34 heavy (non-hydrogen) atoms. The number of thioether (sulfide) groups is 1. The minimum absolute atomic E-state index is 0.0909. The fourth-order valence-electron chi connectivity index (χ4n) is 4.97. The molecule has 3 nitrogen and oxygen atoms in total. The lowest BCUT2D eigenvalue weighted by Gasteiger charge is -2.33. The first kappa shape index (κ1) is 23.4. The van der Waals surface area contributed by atoms with E-state index < -0.39 is 0 Å². The van der Waals surface area contributed by atoms with Gasteiger partial charge < -0.3 is 0 Å². The molecular weight excluding hydrogens is 456 g/mol. The van der Waals surface area contributed by atoms with Crippen molar-refractivity contribution >= 4 is 33.3 Å². The third-order valence-electron chi connectivity index (χ3n) is 7.10. The molecule has 5 heteroatoms. The number of fused-ring (bicyclic) bond motifs is 3. The summed E-state index contributed by atoms with van der Waals surface area (Å²) < 4.78 is 1.87. The van der Waals surface area contributed by atoms with Crippen molar-refractivity contribution in [1.29, 1.82) is 0 Å². The lowest BCUT2D eigenvalue weighted by molar-refractivity contribution is 0.218. The number of thiophene rings is 1. The van der Waals surface area contributed by atoms with Crippen LogP contribution in [0.1, 0.15) is 48.8 Å². The Kier molecular flexibility index (Phi) is 6.43. The van der Waals surface area contributed by atoms with Crippen molar-refractivity contribution in [3.8, 4) is 5.69 Å². The molecule has 5 rings (SSSR count). The Morgan fingerprint density at radius 3 is 2.56 bits per heavy atom. The maximum absolute atomic E-state index is 14.1. The second kappa shape index (κ2) is 9.35. The van der Waals surface area contributed by atoms with Crippen LogP contribution in [0, 0.1) is 18.3 Å². The second-order valence-corrected chi connectivity index (χ2v) is 12.5. The molecule has 2 heterocycles. The van der Waals surface area contributed by atoms with Crippen molar-refractivity contribution in [1.82, 2.24) is 9.55 Å². The Balaban J connectivity index is 1.59. The molecule has 0 N–H and O–H groups in total. The van der Waals surface area contributed by atoms with Crippen molar-refractivity contribution in [2.45, 2.75) is 58.5 Å². The summed E-state index contributed by atoms with van der Waals surface area (Å²) in [6, 6.07) is 18.7. The number of aromatic nitrogens is 2. The molecule has 0 bridgehead atoms. The van der Waals surface area contributed by atoms with Gasteiger partial charge in [0.1, 0.15) is 4.83 Å². The zero-order chi connectivity index (χ0) is 23.9. The molecule has 0 saturated heterocycles. The van der Waals surface area contributed by atoms with E-state index in [0.717, 1.165) is 58.1 Å². The van der Waals surface area contributed by atoms with Crippen LogP contribution in [0.2, 0.25) is 0 Å². The summed E-state index contributed by atoms with van der Waals surface area (Å²) in [5, 5.41) is 1.65. The van der Waals surface area contributed by atoms with E-state index in [1.165, 1.54) is 16.0 Å². The zero-order valence-corrected chi connectivity index (χ0v) is 22.1. The van der Waals surface area contributed by atoms with Gasteiger partial charge in [0.15, 0.2) is 5.16 Å². The van der Waals surface area contributed by atoms with Gasteiger partial charge in [0.05, 0.1) is 11.1 Å². The van der Waals surface area contributed by atoms with E-state index in [4.69, 9.17) is 4.98 Å². The quantitative estimate of drug-likeness (QED) is 0.219. The first-order valence-corrected chi connectivity index (χ1v) is 13.9. The van der Waals surface area contributed by atoms with Gasteiger partial charge in [-0.1, -0.05) is 81.1 Å². The van der Waals surface area contributed by atoms with Gasteiger partial charge in [0.25, 0.3) is 5.56 Å². The van der Waals surface area contributed by atoms with Crippen molar-refractivity contribution in [2.24, 2.45) is 11.3 Å². The molecule has 1 aliphatic rings. The first-order valence-electron chi connectivity index (χ1n) is 12.1. The monoisotopic (exact) mass is 488 g/mol. The molecule has 0 amide bonds. The van der Waals surface area contributed by atoms with Crippen LogP contribution in [0.15, 0.2) is 64.5 Å². The summed E-state index contributed by atoms with van der Waals surface area (Å²) in [6.07, 6.45) is 4.11. The molecule has 0 unspecified atom stereocenters. The number of hydrogen-bond acceptors (Lipinski definition) is 4. The Bertz CT molecular complexity index is 1380. The van der Waals surface area contributed by atoms with Gasteiger partial charge in [-0.15, -0.1) is 11.3 Å². The molecule has 0 spiro atoms. The van der Waals surface area contributed by atoms with Crippen LogP contribution >= 0.6 is 23.1 Å². The molecule has 0 radical (unpaired) electrons. The predicted molar refractivity (Wildman–Crippen MR) is 146 cm³/mol. The van der Waals surface area contributed by atoms with Gasteiger partial charge in [-0.3, -0.25) is 9.36 Å². The highest BCUT2D eigenvalue weighted by Crippen LogP contribution is 2.42. The van der Waals surface area contributed by atoms with E-state index in [2.05, 4.69) is 58.0 Å². The van der Waals surface area contributed by atoms with Gasteiger partial charge in [0.2, 0.25) is 0 Å². The molecule has 0 fully saturated rings. The molecule has 176 valence electrons. The van der Waals surface area contributed by atoms with E-state index in [-0.39, 0.29) is 11.0 Å². The van der Waals surface area contributed by atoms with Crippen LogP contribution in [0.3, 0.4) is 0 Å². The van der Waals surface area contributed by atoms with E-state index in [1.807, 2.05) is 28.8 Å². The summed E-state index contributed by atoms with van der Waals surface area (Å²) in [7, 11) is 0.